The maximum atomic E-state index is 14.0. The Morgan fingerprint density at radius 2 is 1.71 bits per heavy atom. The third kappa shape index (κ3) is 5.22. The first-order valence-electron chi connectivity index (χ1n) is 10.1. The van der Waals surface area contributed by atoms with Crippen LogP contribution in [-0.2, 0) is 17.9 Å². The number of hydrogen-bond donors (Lipinski definition) is 0. The van der Waals surface area contributed by atoms with Crippen LogP contribution in [0.25, 0.3) is 6.08 Å². The Balaban J connectivity index is 1.55. The third-order valence-electron chi connectivity index (χ3n) is 5.04. The highest BCUT2D eigenvalue weighted by molar-refractivity contribution is 8.18. The monoisotopic (exact) mass is 517 g/mol. The number of ether oxygens (including phenoxy) is 2. The van der Waals surface area contributed by atoms with Crippen molar-refractivity contribution in [3.05, 3.63) is 98.1 Å². The summed E-state index contributed by atoms with van der Waals surface area (Å²) in [5.74, 6) is -0.299. The first kappa shape index (κ1) is 24.1. The molecule has 9 heteroatoms. The molecule has 0 saturated carbocycles. The molecular formula is C25H18Cl2FNO4S. The molecule has 0 aliphatic carbocycles. The van der Waals surface area contributed by atoms with Gasteiger partial charge in [-0.3, -0.25) is 14.5 Å². The normalized spacial score (nSPS) is 14.7. The molecule has 34 heavy (non-hydrogen) atoms. The fourth-order valence-electron chi connectivity index (χ4n) is 3.31. The first-order chi connectivity index (χ1) is 16.4. The van der Waals surface area contributed by atoms with Crippen LogP contribution in [0.5, 0.6) is 11.5 Å². The van der Waals surface area contributed by atoms with Crippen LogP contribution < -0.4 is 9.47 Å². The van der Waals surface area contributed by atoms with Gasteiger partial charge in [0.15, 0.2) is 11.5 Å². The lowest BCUT2D eigenvalue weighted by Crippen LogP contribution is -2.27. The number of rotatable bonds is 7. The van der Waals surface area contributed by atoms with Crippen molar-refractivity contribution in [1.29, 1.82) is 0 Å². The van der Waals surface area contributed by atoms with E-state index in [9.17, 15) is 14.0 Å². The Bertz CT molecular complexity index is 1300. The SMILES string of the molecule is COc1cc(/C=C2\SC(=O)N(Cc3ccccc3F)C2=O)cc(Cl)c1OCc1ccccc1Cl. The Kier molecular flexibility index (Phi) is 7.46. The predicted molar refractivity (Wildman–Crippen MR) is 132 cm³/mol. The van der Waals surface area contributed by atoms with Gasteiger partial charge in [-0.05, 0) is 47.7 Å². The Morgan fingerprint density at radius 1 is 1.00 bits per heavy atom. The molecule has 3 aromatic carbocycles. The molecule has 0 spiro atoms. The molecule has 1 aliphatic heterocycles. The van der Waals surface area contributed by atoms with Crippen molar-refractivity contribution in [2.75, 3.05) is 7.11 Å². The molecule has 3 aromatic rings. The van der Waals surface area contributed by atoms with Crippen molar-refractivity contribution >= 4 is 52.2 Å². The third-order valence-corrected chi connectivity index (χ3v) is 6.60. The number of benzene rings is 3. The summed E-state index contributed by atoms with van der Waals surface area (Å²) in [5, 5.41) is 0.362. The molecule has 1 fully saturated rings. The van der Waals surface area contributed by atoms with E-state index >= 15 is 0 Å². The molecule has 0 atom stereocenters. The molecule has 0 aromatic heterocycles. The average molecular weight is 518 g/mol. The minimum absolute atomic E-state index is 0.145. The highest BCUT2D eigenvalue weighted by atomic mass is 35.5. The summed E-state index contributed by atoms with van der Waals surface area (Å²) >= 11 is 13.4. The first-order valence-corrected chi connectivity index (χ1v) is 11.7. The van der Waals surface area contributed by atoms with Crippen LogP contribution in [0.1, 0.15) is 16.7 Å². The van der Waals surface area contributed by atoms with Gasteiger partial charge in [-0.1, -0.05) is 59.6 Å². The molecule has 2 amide bonds. The van der Waals surface area contributed by atoms with Gasteiger partial charge in [0, 0.05) is 16.1 Å². The summed E-state index contributed by atoms with van der Waals surface area (Å²) in [6.07, 6.45) is 1.54. The number of carbonyl (C=O) groups is 2. The smallest absolute Gasteiger partial charge is 0.293 e. The van der Waals surface area contributed by atoms with Crippen molar-refractivity contribution in [1.82, 2.24) is 4.90 Å². The zero-order chi connectivity index (χ0) is 24.2. The summed E-state index contributed by atoms with van der Waals surface area (Å²) in [4.78, 5) is 26.4. The van der Waals surface area contributed by atoms with E-state index in [2.05, 4.69) is 0 Å². The number of halogens is 3. The molecule has 0 N–H and O–H groups in total. The highest BCUT2D eigenvalue weighted by Crippen LogP contribution is 2.40. The van der Waals surface area contributed by atoms with Gasteiger partial charge >= 0.3 is 0 Å². The van der Waals surface area contributed by atoms with E-state index in [1.807, 2.05) is 18.2 Å². The maximum Gasteiger partial charge on any atom is 0.293 e. The van der Waals surface area contributed by atoms with Crippen molar-refractivity contribution in [2.45, 2.75) is 13.2 Å². The van der Waals surface area contributed by atoms with Crippen LogP contribution >= 0.6 is 35.0 Å². The maximum absolute atomic E-state index is 14.0. The summed E-state index contributed by atoms with van der Waals surface area (Å²) in [7, 11) is 1.47. The van der Waals surface area contributed by atoms with Crippen LogP contribution in [0, 0.1) is 5.82 Å². The number of amides is 2. The minimum atomic E-state index is -0.507. The lowest BCUT2D eigenvalue weighted by molar-refractivity contribution is -0.123. The number of nitrogens with zero attached hydrogens (tertiary/aromatic N) is 1. The molecule has 1 aliphatic rings. The molecule has 5 nitrogen and oxygen atoms in total. The van der Waals surface area contributed by atoms with Crippen LogP contribution in [0.2, 0.25) is 10.0 Å². The number of carbonyl (C=O) groups excluding carboxylic acids is 2. The van der Waals surface area contributed by atoms with Crippen molar-refractivity contribution in [3.63, 3.8) is 0 Å². The Hall–Kier alpha value is -3.00. The van der Waals surface area contributed by atoms with E-state index in [0.29, 0.717) is 22.1 Å². The summed E-state index contributed by atoms with van der Waals surface area (Å²) in [5.41, 5.74) is 1.59. The van der Waals surface area contributed by atoms with E-state index in [1.54, 1.807) is 36.4 Å². The summed E-state index contributed by atoms with van der Waals surface area (Å²) in [6, 6.07) is 16.6. The van der Waals surface area contributed by atoms with Gasteiger partial charge < -0.3 is 9.47 Å². The minimum Gasteiger partial charge on any atom is -0.493 e. The average Bonchev–Trinajstić information content (AvgIpc) is 3.07. The Labute approximate surface area is 210 Å². The quantitative estimate of drug-likeness (QED) is 0.317. The predicted octanol–water partition coefficient (Wildman–Crippen LogP) is 6.96. The second-order valence-electron chi connectivity index (χ2n) is 7.27. The van der Waals surface area contributed by atoms with Gasteiger partial charge in [-0.2, -0.15) is 0 Å². The van der Waals surface area contributed by atoms with Gasteiger partial charge in [-0.25, -0.2) is 4.39 Å². The van der Waals surface area contributed by atoms with Gasteiger partial charge in [0.25, 0.3) is 11.1 Å². The highest BCUT2D eigenvalue weighted by Gasteiger charge is 2.35. The number of methoxy groups -OCH3 is 1. The molecule has 4 rings (SSSR count). The number of hydrogen-bond acceptors (Lipinski definition) is 5. The molecule has 174 valence electrons. The van der Waals surface area contributed by atoms with Crippen LogP contribution in [0.3, 0.4) is 0 Å². The Morgan fingerprint density at radius 3 is 2.41 bits per heavy atom. The zero-order valence-corrected chi connectivity index (χ0v) is 20.2. The summed E-state index contributed by atoms with van der Waals surface area (Å²) < 4.78 is 25.3. The largest absolute Gasteiger partial charge is 0.493 e. The molecule has 0 unspecified atom stereocenters. The van der Waals surface area contributed by atoms with Gasteiger partial charge in [0.1, 0.15) is 12.4 Å². The molecule has 1 saturated heterocycles. The number of thioether (sulfide) groups is 1. The van der Waals surface area contributed by atoms with E-state index < -0.39 is 17.0 Å². The van der Waals surface area contributed by atoms with E-state index in [-0.39, 0.29) is 28.6 Å². The van der Waals surface area contributed by atoms with Gasteiger partial charge in [0.05, 0.1) is 23.6 Å². The van der Waals surface area contributed by atoms with Crippen molar-refractivity contribution < 1.29 is 23.5 Å². The van der Waals surface area contributed by atoms with Crippen molar-refractivity contribution in [3.8, 4) is 11.5 Å². The lowest BCUT2D eigenvalue weighted by atomic mass is 10.1. The molecule has 1 heterocycles. The van der Waals surface area contributed by atoms with Gasteiger partial charge in [-0.15, -0.1) is 0 Å². The second kappa shape index (κ2) is 10.5. The standard InChI is InChI=1S/C25H18Cl2FNO4S/c1-32-21-11-15(10-19(27)23(21)33-14-17-7-2-4-8-18(17)26)12-22-24(30)29(25(31)34-22)13-16-6-3-5-9-20(16)28/h2-12H,13-14H2,1H3/b22-12-. The fourth-order valence-corrected chi connectivity index (χ4v) is 4.62. The van der Waals surface area contributed by atoms with Crippen LogP contribution in [0.4, 0.5) is 9.18 Å². The zero-order valence-electron chi connectivity index (χ0n) is 17.9. The second-order valence-corrected chi connectivity index (χ2v) is 9.08. The van der Waals surface area contributed by atoms with E-state index in [1.165, 1.54) is 19.2 Å². The lowest BCUT2D eigenvalue weighted by Gasteiger charge is -2.14. The molecular weight excluding hydrogens is 500 g/mol. The van der Waals surface area contributed by atoms with E-state index in [0.717, 1.165) is 22.2 Å². The molecule has 0 bridgehead atoms. The van der Waals surface area contributed by atoms with E-state index in [4.69, 9.17) is 32.7 Å². The van der Waals surface area contributed by atoms with Gasteiger partial charge in [0.2, 0.25) is 0 Å². The number of imide groups is 1. The van der Waals surface area contributed by atoms with Crippen molar-refractivity contribution in [2.24, 2.45) is 0 Å². The van der Waals surface area contributed by atoms with Crippen LogP contribution in [0.15, 0.2) is 65.6 Å². The fraction of sp³-hybridized carbons (Fsp3) is 0.120. The topological polar surface area (TPSA) is 55.8 Å². The molecule has 0 radical (unpaired) electrons. The van der Waals surface area contributed by atoms with Crippen LogP contribution in [-0.4, -0.2) is 23.2 Å². The summed E-state index contributed by atoms with van der Waals surface area (Å²) in [6.45, 7) is 0.0393.